The largest absolute Gasteiger partial charge is 0.459 e. The molecule has 3 aliphatic heterocycles. The summed E-state index contributed by atoms with van der Waals surface area (Å²) < 4.78 is 72.3. The van der Waals surface area contributed by atoms with Gasteiger partial charge in [-0.25, -0.2) is 19.2 Å². The molecular weight excluding hydrogens is 941 g/mol. The van der Waals surface area contributed by atoms with E-state index in [0.29, 0.717) is 0 Å². The fraction of sp³-hybridized carbons (Fsp3) is 0.357. The van der Waals surface area contributed by atoms with Crippen LogP contribution in [0, 0.1) is 0 Å². The molecule has 378 valence electrons. The van der Waals surface area contributed by atoms with Gasteiger partial charge in [0.25, 0.3) is 0 Å². The SMILES string of the molecule is C=CCO[C@H]1O[C@@H]2CO[C@@H](c3ccccc3)O[C@H]2[C@H](O[Si](C)(C)C(C)(C)C)[C@H]1O[C@@H]1O[C@H](COC(=O)c2ccccc2)[C@H](OC(=O)c2ccccc2)[C@H](OC(=O)c2ccccc2)[C@H]1OC(=O)c1ccccc1. The molecule has 0 spiro atoms. The topological polar surface area (TPSA) is 170 Å². The summed E-state index contributed by atoms with van der Waals surface area (Å²) in [5.41, 5.74) is 1.41. The van der Waals surface area contributed by atoms with Crippen molar-refractivity contribution in [1.82, 2.24) is 0 Å². The van der Waals surface area contributed by atoms with Crippen molar-refractivity contribution >= 4 is 32.2 Å². The lowest BCUT2D eigenvalue weighted by molar-refractivity contribution is -0.389. The first-order chi connectivity index (χ1) is 34.7. The van der Waals surface area contributed by atoms with Gasteiger partial charge in [0.15, 0.2) is 45.5 Å². The maximum absolute atomic E-state index is 14.4. The van der Waals surface area contributed by atoms with E-state index in [0.717, 1.165) is 5.56 Å². The smallest absolute Gasteiger partial charge is 0.338 e. The average molecular weight is 1000 g/mol. The molecule has 5 aromatic carbocycles. The van der Waals surface area contributed by atoms with Gasteiger partial charge < -0.3 is 51.8 Å². The van der Waals surface area contributed by atoms with Gasteiger partial charge in [0.2, 0.25) is 0 Å². The van der Waals surface area contributed by atoms with Crippen LogP contribution in [0.2, 0.25) is 18.1 Å². The molecule has 0 unspecified atom stereocenters. The Morgan fingerprint density at radius 3 is 1.56 bits per heavy atom. The van der Waals surface area contributed by atoms with E-state index in [-0.39, 0.29) is 40.5 Å². The fourth-order valence-electron chi connectivity index (χ4n) is 8.21. The molecule has 15 nitrogen and oxygen atoms in total. The normalized spacial score (nSPS) is 26.3. The van der Waals surface area contributed by atoms with Gasteiger partial charge in [-0.3, -0.25) is 0 Å². The third kappa shape index (κ3) is 12.5. The Labute approximate surface area is 420 Å². The minimum atomic E-state index is -2.77. The monoisotopic (exact) mass is 1000 g/mol. The lowest BCUT2D eigenvalue weighted by Crippen LogP contribution is -2.69. The van der Waals surface area contributed by atoms with Crippen molar-refractivity contribution in [3.63, 3.8) is 0 Å². The van der Waals surface area contributed by atoms with Crippen LogP contribution in [0.3, 0.4) is 0 Å². The van der Waals surface area contributed by atoms with Crippen molar-refractivity contribution in [3.8, 4) is 0 Å². The second kappa shape index (κ2) is 23.5. The molecule has 3 saturated heterocycles. The maximum Gasteiger partial charge on any atom is 0.338 e. The van der Waals surface area contributed by atoms with Crippen LogP contribution in [0.4, 0.5) is 0 Å². The molecule has 3 fully saturated rings. The van der Waals surface area contributed by atoms with Crippen LogP contribution in [-0.4, -0.2) is 113 Å². The van der Waals surface area contributed by atoms with E-state index in [1.807, 2.05) is 30.3 Å². The Kier molecular flexibility index (Phi) is 16.9. The molecule has 0 saturated carbocycles. The van der Waals surface area contributed by atoms with Crippen molar-refractivity contribution in [2.75, 3.05) is 19.8 Å². The molecule has 0 bridgehead atoms. The molecule has 5 aromatic rings. The molecular formula is C56H60O15Si. The Morgan fingerprint density at radius 1 is 0.583 bits per heavy atom. The molecule has 11 atom stereocenters. The highest BCUT2D eigenvalue weighted by atomic mass is 28.4. The zero-order valence-corrected chi connectivity index (χ0v) is 41.8. The van der Waals surface area contributed by atoms with Crippen LogP contribution in [0.5, 0.6) is 0 Å². The number of esters is 4. The van der Waals surface area contributed by atoms with Gasteiger partial charge in [0.05, 0.1) is 35.5 Å². The minimum Gasteiger partial charge on any atom is -0.459 e. The highest BCUT2D eigenvalue weighted by molar-refractivity contribution is 6.74. The van der Waals surface area contributed by atoms with Crippen LogP contribution in [0.25, 0.3) is 0 Å². The van der Waals surface area contributed by atoms with Gasteiger partial charge >= 0.3 is 23.9 Å². The molecule has 0 radical (unpaired) electrons. The van der Waals surface area contributed by atoms with Crippen molar-refractivity contribution in [2.45, 2.75) is 107 Å². The number of hydrogen-bond donors (Lipinski definition) is 0. The van der Waals surface area contributed by atoms with Crippen molar-refractivity contribution in [3.05, 3.63) is 192 Å². The van der Waals surface area contributed by atoms with Crippen LogP contribution in [-0.2, 0) is 51.8 Å². The Hall–Kier alpha value is -6.34. The van der Waals surface area contributed by atoms with Gasteiger partial charge in [-0.05, 0) is 66.7 Å². The lowest BCUT2D eigenvalue weighted by atomic mass is 9.95. The molecule has 0 amide bonds. The van der Waals surface area contributed by atoms with E-state index in [2.05, 4.69) is 40.4 Å². The highest BCUT2D eigenvalue weighted by Crippen LogP contribution is 2.44. The van der Waals surface area contributed by atoms with Crippen LogP contribution < -0.4 is 0 Å². The predicted molar refractivity (Wildman–Crippen MR) is 264 cm³/mol. The van der Waals surface area contributed by atoms with Crippen LogP contribution in [0.1, 0.15) is 74.1 Å². The number of fused-ring (bicyclic) bond motifs is 1. The van der Waals surface area contributed by atoms with Crippen molar-refractivity contribution in [1.29, 1.82) is 0 Å². The first-order valence-corrected chi connectivity index (χ1v) is 26.8. The summed E-state index contributed by atoms with van der Waals surface area (Å²) in [6.45, 7) is 13.9. The standard InChI is InChI=1S/C56H60O15Si/c1-7-33-61-54-48(46(71-72(5,6)56(2,3)4)44-42(64-54)35-63-53(69-44)40-31-21-12-22-32-40)70-55-47(68-52(60)39-29-19-11-20-30-39)45(67-51(59)38-27-17-10-18-28-38)43(66-50(58)37-25-15-9-16-26-37)41(65-55)34-62-49(57)36-23-13-8-14-24-36/h7-32,41-48,53-55H,1,33-35H2,2-6H3/t41-,42-,43+,44-,45+,46+,47-,48-,53-,54+,55+/m1/s1. The quantitative estimate of drug-likeness (QED) is 0.0374. The van der Waals surface area contributed by atoms with E-state index in [4.69, 9.17) is 51.8 Å². The number of ether oxygens (including phenoxy) is 10. The third-order valence-electron chi connectivity index (χ3n) is 13.0. The number of carbonyl (C=O) groups is 4. The van der Waals surface area contributed by atoms with E-state index in [1.165, 1.54) is 0 Å². The maximum atomic E-state index is 14.4. The number of benzene rings is 5. The van der Waals surface area contributed by atoms with Crippen molar-refractivity contribution in [2.24, 2.45) is 0 Å². The number of hydrogen-bond acceptors (Lipinski definition) is 15. The van der Waals surface area contributed by atoms with Crippen molar-refractivity contribution < 1.29 is 71.0 Å². The third-order valence-corrected chi connectivity index (χ3v) is 17.5. The van der Waals surface area contributed by atoms with E-state index in [1.54, 1.807) is 127 Å². The lowest BCUT2D eigenvalue weighted by Gasteiger charge is -2.53. The molecule has 0 N–H and O–H groups in total. The molecule has 8 rings (SSSR count). The Bertz CT molecular complexity index is 2580. The predicted octanol–water partition coefficient (Wildman–Crippen LogP) is 9.06. The zero-order valence-electron chi connectivity index (χ0n) is 40.8. The van der Waals surface area contributed by atoms with E-state index < -0.39 is 107 Å². The zero-order chi connectivity index (χ0) is 50.8. The molecule has 3 aliphatic rings. The van der Waals surface area contributed by atoms with Crippen LogP contribution in [0.15, 0.2) is 164 Å². The second-order valence-corrected chi connectivity index (χ2v) is 23.8. The van der Waals surface area contributed by atoms with Gasteiger partial charge in [-0.2, -0.15) is 0 Å². The summed E-state index contributed by atoms with van der Waals surface area (Å²) in [6, 6.07) is 42.1. The van der Waals surface area contributed by atoms with Gasteiger partial charge in [0.1, 0.15) is 37.1 Å². The van der Waals surface area contributed by atoms with Gasteiger partial charge in [-0.15, -0.1) is 6.58 Å². The minimum absolute atomic E-state index is 0.00785. The van der Waals surface area contributed by atoms with E-state index in [9.17, 15) is 19.2 Å². The summed E-state index contributed by atoms with van der Waals surface area (Å²) in [5.74, 6) is -3.28. The van der Waals surface area contributed by atoms with Gasteiger partial charge in [0, 0.05) is 5.56 Å². The highest BCUT2D eigenvalue weighted by Gasteiger charge is 2.59. The summed E-state index contributed by atoms with van der Waals surface area (Å²) in [4.78, 5) is 56.7. The molecule has 16 heteroatoms. The summed E-state index contributed by atoms with van der Waals surface area (Å²) in [6.07, 6.45) is -12.4. The summed E-state index contributed by atoms with van der Waals surface area (Å²) in [7, 11) is -2.77. The number of rotatable bonds is 17. The van der Waals surface area contributed by atoms with Crippen LogP contribution >= 0.6 is 0 Å². The summed E-state index contributed by atoms with van der Waals surface area (Å²) >= 11 is 0. The summed E-state index contributed by atoms with van der Waals surface area (Å²) in [5, 5.41) is -0.331. The first kappa shape index (κ1) is 52.0. The molecule has 72 heavy (non-hydrogen) atoms. The average Bonchev–Trinajstić information content (AvgIpc) is 3.40. The molecule has 3 heterocycles. The number of carbonyl (C=O) groups excluding carboxylic acids is 4. The Balaban J connectivity index is 1.26. The second-order valence-electron chi connectivity index (χ2n) is 19.0. The van der Waals surface area contributed by atoms with E-state index >= 15 is 0 Å². The fourth-order valence-corrected chi connectivity index (χ4v) is 9.51. The Morgan fingerprint density at radius 2 is 1.06 bits per heavy atom. The van der Waals surface area contributed by atoms with Gasteiger partial charge in [-0.1, -0.05) is 130 Å². The molecule has 0 aliphatic carbocycles. The first-order valence-electron chi connectivity index (χ1n) is 23.9. The molecule has 0 aromatic heterocycles.